The second kappa shape index (κ2) is 21.2. The number of halogens is 1. The largest absolute Gasteiger partial charge is 0.507 e. The van der Waals surface area contributed by atoms with E-state index in [0.29, 0.717) is 105 Å². The summed E-state index contributed by atoms with van der Waals surface area (Å²) in [5, 5.41) is 33.0. The molecule has 6 aliphatic carbocycles. The van der Waals surface area contributed by atoms with E-state index in [1.165, 1.54) is 17.9 Å². The van der Waals surface area contributed by atoms with Gasteiger partial charge in [0.25, 0.3) is 0 Å². The number of hydrogen-bond acceptors (Lipinski definition) is 17. The number of benzene rings is 2. The number of carboxylic acid groups (broad SMARTS) is 1. The highest BCUT2D eigenvalue weighted by atomic mass is 32.2. The van der Waals surface area contributed by atoms with Crippen molar-refractivity contribution in [1.29, 1.82) is 0 Å². The van der Waals surface area contributed by atoms with Crippen molar-refractivity contribution in [2.75, 3.05) is 60.6 Å². The molecule has 13 rings (SSSR count). The number of nitrogens with one attached hydrogen (secondary N) is 4. The lowest BCUT2D eigenvalue weighted by atomic mass is 9.50. The molecule has 2 aromatic carbocycles. The van der Waals surface area contributed by atoms with Gasteiger partial charge in [0.15, 0.2) is 0 Å². The maximum absolute atomic E-state index is 15.5. The van der Waals surface area contributed by atoms with E-state index in [4.69, 9.17) is 29.0 Å². The summed E-state index contributed by atoms with van der Waals surface area (Å²) in [6.45, 7) is 3.65. The second-order valence-electron chi connectivity index (χ2n) is 23.1. The highest BCUT2D eigenvalue weighted by Crippen LogP contribution is 2.65. The van der Waals surface area contributed by atoms with Gasteiger partial charge in [-0.3, -0.25) is 34.0 Å². The summed E-state index contributed by atoms with van der Waals surface area (Å²) >= 11 is 3.13. The lowest BCUT2D eigenvalue weighted by Crippen LogP contribution is -2.69. The quantitative estimate of drug-likeness (QED) is 0.0915. The van der Waals surface area contributed by atoms with Crippen LogP contribution >= 0.6 is 23.5 Å². The van der Waals surface area contributed by atoms with Gasteiger partial charge in [-0.05, 0) is 87.6 Å². The van der Waals surface area contributed by atoms with Gasteiger partial charge in [0.2, 0.25) is 29.3 Å². The molecular weight excluding hydrogens is 1050 g/mol. The molecule has 21 nitrogen and oxygen atoms in total. The first kappa shape index (κ1) is 53.3. The maximum Gasteiger partial charge on any atom is 0.414 e. The minimum atomic E-state index is -1.07. The summed E-state index contributed by atoms with van der Waals surface area (Å²) in [6, 6.07) is 10.8. The number of carbonyl (C=O) groups is 6. The van der Waals surface area contributed by atoms with Gasteiger partial charge in [-0.2, -0.15) is 9.78 Å². The van der Waals surface area contributed by atoms with Crippen molar-refractivity contribution in [3.63, 3.8) is 0 Å². The molecule has 5 amide bonds. The van der Waals surface area contributed by atoms with E-state index in [-0.39, 0.29) is 90.5 Å². The normalized spacial score (nSPS) is 36.2. The molecule has 0 radical (unpaired) electrons. The molecule has 0 aromatic heterocycles. The zero-order valence-electron chi connectivity index (χ0n) is 43.4. The molecule has 4 bridgehead atoms. The summed E-state index contributed by atoms with van der Waals surface area (Å²) in [4.78, 5) is 98.7. The van der Waals surface area contributed by atoms with E-state index in [2.05, 4.69) is 21.3 Å². The number of phenols is 1. The van der Waals surface area contributed by atoms with Crippen LogP contribution in [0.2, 0.25) is 0 Å². The molecular formula is C54H67FN8O13S2. The standard InChI is InChI=1S/C54H67FN8O13S2/c1-29(64)57-23-35-24-63(51(71)73-35)33-9-10-41(39(55)18-33)61-25-37-38(26-61)46(37)59-50(70)72-34-6-4-13-53(22-34)74-54(76-75-53)31-16-30-17-32(54)21-52(19-30,20-31)60-45(67)12-11-44(66)56-14-5-15-62-42(49(68)69)28-78-48(62)40-27-77-47(58-40)36-7-2-3-8-43(36)65/h2-3,7-10,18,30-32,34-35,37-38,40,42,46,48,65H,4-6,11-17,19-28H2,1H3,(H,56,66)(H,57,64)(H,59,70)(H,60,67)(H,68,69)/t30?,31?,32?,34?,35-,37-,38+,40+,42-,46?,48?,52?,53+,54?/m0/s1. The third kappa shape index (κ3) is 10.5. The van der Waals surface area contributed by atoms with Crippen LogP contribution in [0.25, 0.3) is 0 Å². The Balaban J connectivity index is 0.571. The number of hydrogen-bond donors (Lipinski definition) is 6. The number of ether oxygens (including phenoxy) is 3. The molecule has 5 aliphatic heterocycles. The fourth-order valence-corrected chi connectivity index (χ4v) is 17.2. The zero-order chi connectivity index (χ0) is 54.1. The Bertz CT molecular complexity index is 2730. The predicted octanol–water partition coefficient (Wildman–Crippen LogP) is 4.84. The molecule has 11 aliphatic rings. The zero-order valence-corrected chi connectivity index (χ0v) is 45.0. The van der Waals surface area contributed by atoms with Gasteiger partial charge in [0.1, 0.15) is 34.9 Å². The molecule has 6 N–H and O–H groups in total. The Morgan fingerprint density at radius 2 is 1.73 bits per heavy atom. The molecule has 24 heteroatoms. The van der Waals surface area contributed by atoms with Crippen LogP contribution in [0.3, 0.4) is 0 Å². The molecule has 420 valence electrons. The van der Waals surface area contributed by atoms with Crippen LogP contribution in [-0.4, -0.2) is 160 Å². The molecule has 2 spiro atoms. The third-order valence-electron chi connectivity index (χ3n) is 17.9. The Morgan fingerprint density at radius 3 is 2.49 bits per heavy atom. The number of carboxylic acids is 1. The number of aromatic hydroxyl groups is 1. The Labute approximate surface area is 459 Å². The molecule has 11 atom stereocenters. The minimum absolute atomic E-state index is 0.0248. The number of cyclic esters (lactones) is 1. The minimum Gasteiger partial charge on any atom is -0.507 e. The molecule has 4 saturated heterocycles. The van der Waals surface area contributed by atoms with Gasteiger partial charge in [-0.1, -0.05) is 12.1 Å². The summed E-state index contributed by atoms with van der Waals surface area (Å²) < 4.78 is 33.8. The van der Waals surface area contributed by atoms with E-state index < -0.39 is 59.3 Å². The lowest BCUT2D eigenvalue weighted by Gasteiger charge is -2.62. The van der Waals surface area contributed by atoms with Crippen molar-refractivity contribution in [2.45, 2.75) is 137 Å². The van der Waals surface area contributed by atoms with E-state index in [9.17, 15) is 39.0 Å². The van der Waals surface area contributed by atoms with Gasteiger partial charge in [0.05, 0.1) is 35.9 Å². The fraction of sp³-hybridized carbons (Fsp3) is 0.648. The first-order valence-corrected chi connectivity index (χ1v) is 29.6. The molecule has 10 fully saturated rings. The number of anilines is 2. The van der Waals surface area contributed by atoms with Gasteiger partial charge < -0.3 is 50.6 Å². The number of aliphatic carboxylic acids is 1. The van der Waals surface area contributed by atoms with E-state index in [0.717, 1.165) is 24.3 Å². The van der Waals surface area contributed by atoms with E-state index in [1.807, 2.05) is 21.9 Å². The Hall–Kier alpha value is -5.40. The monoisotopic (exact) mass is 1120 g/mol. The van der Waals surface area contributed by atoms with Crippen LogP contribution in [0, 0.1) is 35.4 Å². The molecule has 6 saturated carbocycles. The summed E-state index contributed by atoms with van der Waals surface area (Å²) in [7, 11) is 0. The number of alkyl carbamates (subject to hydrolysis) is 1. The van der Waals surface area contributed by atoms with Crippen molar-refractivity contribution in [3.8, 4) is 5.75 Å². The molecule has 5 unspecified atom stereocenters. The molecule has 5 heterocycles. The maximum atomic E-state index is 15.5. The SMILES string of the molecule is CC(=O)NC[C@H]1CN(c2ccc(N3C[C@@H]4C(NC(=O)OC5CCC[C@]6(C5)OOC5(O6)C6CC7CC5CC(NC(=O)CCC(=O)NCCCN5C([C@H]8CSC(c9ccccc9O)=N8)SC[C@H]5C(=O)O)(C7)C6)[C@@H]4C3)c(F)c2)C(=O)O1. The smallest absolute Gasteiger partial charge is 0.414 e. The number of piperidine rings is 1. The third-order valence-corrected chi connectivity index (χ3v) is 20.4. The topological polar surface area (TPSA) is 259 Å². The molecule has 78 heavy (non-hydrogen) atoms. The number of phenolic OH excluding ortho intramolecular Hbond substituents is 1. The summed E-state index contributed by atoms with van der Waals surface area (Å²) in [6.07, 6.45) is 4.68. The van der Waals surface area contributed by atoms with Crippen molar-refractivity contribution in [3.05, 3.63) is 53.8 Å². The summed E-state index contributed by atoms with van der Waals surface area (Å²) in [5.41, 5.74) is 1.02. The first-order chi connectivity index (χ1) is 37.5. The number of carbonyl (C=O) groups excluding carboxylic acids is 5. The van der Waals surface area contributed by atoms with Crippen LogP contribution in [0.4, 0.5) is 25.4 Å². The lowest BCUT2D eigenvalue weighted by molar-refractivity contribution is -0.392. The van der Waals surface area contributed by atoms with Crippen LogP contribution in [-0.2, 0) is 43.2 Å². The fourth-order valence-electron chi connectivity index (χ4n) is 14.4. The van der Waals surface area contributed by atoms with Crippen molar-refractivity contribution in [1.82, 2.24) is 26.2 Å². The summed E-state index contributed by atoms with van der Waals surface area (Å²) in [5.74, 6) is -2.17. The number of amides is 5. The van der Waals surface area contributed by atoms with Crippen LogP contribution < -0.4 is 31.1 Å². The number of para-hydroxylation sites is 1. The average molecular weight is 1120 g/mol. The predicted molar refractivity (Wildman–Crippen MR) is 283 cm³/mol. The first-order valence-electron chi connectivity index (χ1n) is 27.5. The second-order valence-corrected chi connectivity index (χ2v) is 25.3. The highest BCUT2D eigenvalue weighted by Gasteiger charge is 2.70. The Kier molecular flexibility index (Phi) is 14.5. The van der Waals surface area contributed by atoms with Gasteiger partial charge in [0, 0.05) is 111 Å². The van der Waals surface area contributed by atoms with E-state index in [1.54, 1.807) is 47.8 Å². The number of aliphatic imine (C=N–C) groups is 1. The van der Waals surface area contributed by atoms with Gasteiger partial charge in [-0.15, -0.1) is 23.5 Å². The number of fused-ring (bicyclic) bond motifs is 1. The van der Waals surface area contributed by atoms with Gasteiger partial charge >= 0.3 is 18.2 Å². The average Bonchev–Trinajstić information content (AvgIpc) is 4.28. The van der Waals surface area contributed by atoms with Crippen molar-refractivity contribution >= 4 is 75.8 Å². The van der Waals surface area contributed by atoms with Gasteiger partial charge in [-0.25, -0.2) is 14.0 Å². The van der Waals surface area contributed by atoms with Crippen molar-refractivity contribution < 1.29 is 67.4 Å². The Morgan fingerprint density at radius 1 is 0.949 bits per heavy atom. The van der Waals surface area contributed by atoms with E-state index >= 15 is 4.39 Å². The van der Waals surface area contributed by atoms with Crippen LogP contribution in [0.15, 0.2) is 47.5 Å². The number of nitrogens with zero attached hydrogens (tertiary/aromatic N) is 4. The van der Waals surface area contributed by atoms with Crippen molar-refractivity contribution in [2.24, 2.45) is 34.6 Å². The molecule has 2 aromatic rings. The van der Waals surface area contributed by atoms with Crippen LogP contribution in [0.5, 0.6) is 5.75 Å². The van der Waals surface area contributed by atoms with Crippen LogP contribution in [0.1, 0.15) is 89.5 Å². The highest BCUT2D eigenvalue weighted by molar-refractivity contribution is 8.14. The number of rotatable bonds is 17. The number of thioether (sulfide) groups is 2.